The third-order valence-electron chi connectivity index (χ3n) is 3.57. The van der Waals surface area contributed by atoms with E-state index in [1.54, 1.807) is 4.90 Å². The van der Waals surface area contributed by atoms with Gasteiger partial charge in [-0.3, -0.25) is 9.59 Å². The standard InChI is InChI=1S/C14H15N3O2S/c18-13(12-4-2-6-20-12)10-3-1-5-17(8-10)14(19)11-7-15-9-16-11/h2,4,6-7,9-10H,1,3,5,8H2,(H,15,16)/t10-/m0/s1. The van der Waals surface area contributed by atoms with Crippen molar-refractivity contribution in [2.45, 2.75) is 12.8 Å². The summed E-state index contributed by atoms with van der Waals surface area (Å²) in [4.78, 5) is 33.8. The Hall–Kier alpha value is -1.95. The molecular weight excluding hydrogens is 274 g/mol. The number of aromatic nitrogens is 2. The largest absolute Gasteiger partial charge is 0.341 e. The second kappa shape index (κ2) is 5.58. The van der Waals surface area contributed by atoms with E-state index < -0.39 is 0 Å². The molecule has 5 nitrogen and oxygen atoms in total. The van der Waals surface area contributed by atoms with E-state index in [2.05, 4.69) is 9.97 Å². The van der Waals surface area contributed by atoms with Gasteiger partial charge in [-0.1, -0.05) is 6.07 Å². The zero-order valence-corrected chi connectivity index (χ0v) is 11.7. The zero-order chi connectivity index (χ0) is 13.9. The van der Waals surface area contributed by atoms with Crippen LogP contribution in [-0.4, -0.2) is 39.6 Å². The van der Waals surface area contributed by atoms with Gasteiger partial charge in [-0.25, -0.2) is 4.98 Å². The third kappa shape index (κ3) is 2.51. The maximum atomic E-state index is 12.4. The lowest BCUT2D eigenvalue weighted by molar-refractivity contribution is 0.0634. The monoisotopic (exact) mass is 289 g/mol. The van der Waals surface area contributed by atoms with Crippen molar-refractivity contribution >= 4 is 23.0 Å². The van der Waals surface area contributed by atoms with Crippen molar-refractivity contribution in [2.75, 3.05) is 13.1 Å². The van der Waals surface area contributed by atoms with Gasteiger partial charge >= 0.3 is 0 Å². The quantitative estimate of drug-likeness (QED) is 0.881. The van der Waals surface area contributed by atoms with Gasteiger partial charge in [-0.2, -0.15) is 0 Å². The molecule has 1 saturated heterocycles. The number of hydrogen-bond acceptors (Lipinski definition) is 4. The predicted octanol–water partition coefficient (Wildman–Crippen LogP) is 2.21. The lowest BCUT2D eigenvalue weighted by atomic mass is 9.93. The smallest absolute Gasteiger partial charge is 0.271 e. The summed E-state index contributed by atoms with van der Waals surface area (Å²) in [6.45, 7) is 1.20. The highest BCUT2D eigenvalue weighted by Gasteiger charge is 2.30. The highest BCUT2D eigenvalue weighted by molar-refractivity contribution is 7.12. The van der Waals surface area contributed by atoms with E-state index in [-0.39, 0.29) is 17.6 Å². The number of amides is 1. The van der Waals surface area contributed by atoms with E-state index in [9.17, 15) is 9.59 Å². The summed E-state index contributed by atoms with van der Waals surface area (Å²) < 4.78 is 0. The lowest BCUT2D eigenvalue weighted by Crippen LogP contribution is -2.42. The number of hydrogen-bond donors (Lipinski definition) is 1. The van der Waals surface area contributed by atoms with Crippen molar-refractivity contribution in [3.8, 4) is 0 Å². The van der Waals surface area contributed by atoms with Crippen LogP contribution in [0.25, 0.3) is 0 Å². The van der Waals surface area contributed by atoms with Gasteiger partial charge in [0.15, 0.2) is 5.78 Å². The number of piperidine rings is 1. The van der Waals surface area contributed by atoms with E-state index in [1.807, 2.05) is 17.5 Å². The molecule has 20 heavy (non-hydrogen) atoms. The van der Waals surface area contributed by atoms with E-state index in [0.29, 0.717) is 18.8 Å². The van der Waals surface area contributed by atoms with Crippen LogP contribution in [-0.2, 0) is 0 Å². The summed E-state index contributed by atoms with van der Waals surface area (Å²) in [5.41, 5.74) is 0.481. The van der Waals surface area contributed by atoms with Crippen molar-refractivity contribution < 1.29 is 9.59 Å². The lowest BCUT2D eigenvalue weighted by Gasteiger charge is -2.31. The number of ketones is 1. The Morgan fingerprint density at radius 1 is 1.45 bits per heavy atom. The minimum atomic E-state index is -0.0886. The van der Waals surface area contributed by atoms with Crippen LogP contribution in [0, 0.1) is 5.92 Å². The second-order valence-corrected chi connectivity index (χ2v) is 5.84. The molecule has 2 aromatic rings. The van der Waals surface area contributed by atoms with Gasteiger partial charge in [0.2, 0.25) is 0 Å². The highest BCUT2D eigenvalue weighted by atomic mass is 32.1. The van der Waals surface area contributed by atoms with E-state index in [0.717, 1.165) is 17.7 Å². The van der Waals surface area contributed by atoms with Crippen LogP contribution in [0.15, 0.2) is 30.0 Å². The normalized spacial score (nSPS) is 19.0. The van der Waals surface area contributed by atoms with Crippen molar-refractivity contribution in [1.29, 1.82) is 0 Å². The average molecular weight is 289 g/mol. The van der Waals surface area contributed by atoms with Crippen LogP contribution >= 0.6 is 11.3 Å². The number of likely N-dealkylation sites (tertiary alicyclic amines) is 1. The summed E-state index contributed by atoms with van der Waals surface area (Å²) in [5, 5.41) is 1.91. The molecule has 0 aliphatic carbocycles. The first-order valence-corrected chi connectivity index (χ1v) is 7.49. The van der Waals surface area contributed by atoms with Gasteiger partial charge in [0.25, 0.3) is 5.91 Å². The summed E-state index contributed by atoms with van der Waals surface area (Å²) in [6.07, 6.45) is 4.73. The minimum absolute atomic E-state index is 0.0776. The Bertz CT molecular complexity index is 540. The molecule has 1 aliphatic rings. The molecule has 1 amide bonds. The van der Waals surface area contributed by atoms with Gasteiger partial charge in [-0.05, 0) is 24.3 Å². The van der Waals surface area contributed by atoms with E-state index >= 15 is 0 Å². The SMILES string of the molecule is O=C(c1cccs1)[C@H]1CCCN(C(=O)c2cnc[nH]2)C1. The first-order chi connectivity index (χ1) is 9.75. The van der Waals surface area contributed by atoms with E-state index in [4.69, 9.17) is 0 Å². The maximum Gasteiger partial charge on any atom is 0.271 e. The zero-order valence-electron chi connectivity index (χ0n) is 10.9. The molecule has 0 unspecified atom stereocenters. The fraction of sp³-hybridized carbons (Fsp3) is 0.357. The molecule has 1 N–H and O–H groups in total. The second-order valence-electron chi connectivity index (χ2n) is 4.90. The van der Waals surface area contributed by atoms with Crippen LogP contribution in [0.4, 0.5) is 0 Å². The van der Waals surface area contributed by atoms with Crippen LogP contribution in [0.5, 0.6) is 0 Å². The van der Waals surface area contributed by atoms with Crippen molar-refractivity contribution in [1.82, 2.24) is 14.9 Å². The molecule has 0 bridgehead atoms. The Balaban J connectivity index is 1.71. The highest BCUT2D eigenvalue weighted by Crippen LogP contribution is 2.23. The fourth-order valence-electron chi connectivity index (χ4n) is 2.54. The summed E-state index contributed by atoms with van der Waals surface area (Å²) in [5.74, 6) is -0.0115. The number of carbonyl (C=O) groups excluding carboxylic acids is 2. The van der Waals surface area contributed by atoms with Crippen molar-refractivity contribution in [2.24, 2.45) is 5.92 Å². The predicted molar refractivity (Wildman–Crippen MR) is 75.9 cm³/mol. The van der Waals surface area contributed by atoms with E-state index in [1.165, 1.54) is 23.9 Å². The number of rotatable bonds is 3. The topological polar surface area (TPSA) is 66.1 Å². The maximum absolute atomic E-state index is 12.4. The molecule has 1 atom stereocenters. The Labute approximate surface area is 120 Å². The number of nitrogens with one attached hydrogen (secondary N) is 1. The summed E-state index contributed by atoms with van der Waals surface area (Å²) in [7, 11) is 0. The fourth-order valence-corrected chi connectivity index (χ4v) is 3.28. The number of nitrogens with zero attached hydrogens (tertiary/aromatic N) is 2. The number of H-pyrrole nitrogens is 1. The average Bonchev–Trinajstić information content (AvgIpc) is 3.18. The number of thiophene rings is 1. The van der Waals surface area contributed by atoms with Crippen LogP contribution in [0.1, 0.15) is 33.0 Å². The Morgan fingerprint density at radius 3 is 3.05 bits per heavy atom. The first-order valence-electron chi connectivity index (χ1n) is 6.61. The third-order valence-corrected chi connectivity index (χ3v) is 4.46. The number of imidazole rings is 1. The first kappa shape index (κ1) is 13.1. The van der Waals surface area contributed by atoms with Gasteiger partial charge in [0, 0.05) is 19.0 Å². The van der Waals surface area contributed by atoms with Crippen LogP contribution in [0.3, 0.4) is 0 Å². The van der Waals surface area contributed by atoms with Crippen molar-refractivity contribution in [3.05, 3.63) is 40.6 Å². The van der Waals surface area contributed by atoms with Gasteiger partial charge in [-0.15, -0.1) is 11.3 Å². The molecule has 0 spiro atoms. The van der Waals surface area contributed by atoms with Crippen LogP contribution in [0.2, 0.25) is 0 Å². The molecule has 0 radical (unpaired) electrons. The van der Waals surface area contributed by atoms with Gasteiger partial charge in [0.05, 0.1) is 17.4 Å². The molecule has 1 aliphatic heterocycles. The molecule has 104 valence electrons. The van der Waals surface area contributed by atoms with Gasteiger partial charge < -0.3 is 9.88 Å². The van der Waals surface area contributed by atoms with Crippen LogP contribution < -0.4 is 0 Å². The number of aromatic amines is 1. The minimum Gasteiger partial charge on any atom is -0.341 e. The summed E-state index contributed by atoms with van der Waals surface area (Å²) >= 11 is 1.46. The summed E-state index contributed by atoms with van der Waals surface area (Å²) in [6, 6.07) is 3.73. The molecular formula is C14H15N3O2S. The Morgan fingerprint density at radius 2 is 2.35 bits per heavy atom. The molecule has 1 fully saturated rings. The number of Topliss-reactive ketones (excluding diaryl/α,β-unsaturated/α-hetero) is 1. The molecule has 2 aromatic heterocycles. The molecule has 0 aromatic carbocycles. The van der Waals surface area contributed by atoms with Gasteiger partial charge in [0.1, 0.15) is 5.69 Å². The number of carbonyl (C=O) groups is 2. The molecule has 3 heterocycles. The molecule has 0 saturated carbocycles. The molecule has 3 rings (SSSR count). The van der Waals surface area contributed by atoms with Crippen molar-refractivity contribution in [3.63, 3.8) is 0 Å². The Kier molecular flexibility index (Phi) is 3.64. The molecule has 6 heteroatoms.